The molecule has 1 aromatic carbocycles. The molecule has 1 N–H and O–H groups in total. The molecule has 2 aromatic heterocycles. The van der Waals surface area contributed by atoms with Crippen molar-refractivity contribution in [2.75, 3.05) is 0 Å². The van der Waals surface area contributed by atoms with Gasteiger partial charge in [-0.05, 0) is 25.5 Å². The lowest BCUT2D eigenvalue weighted by atomic mass is 10.1. The van der Waals surface area contributed by atoms with Gasteiger partial charge in [-0.25, -0.2) is 9.97 Å². The van der Waals surface area contributed by atoms with Gasteiger partial charge in [0.2, 0.25) is 0 Å². The van der Waals surface area contributed by atoms with Crippen LogP contribution in [0.1, 0.15) is 29.8 Å². The Kier molecular flexibility index (Phi) is 3.87. The second-order valence-corrected chi connectivity index (χ2v) is 5.51. The van der Waals surface area contributed by atoms with Crippen LogP contribution < -0.4 is 0 Å². The van der Waals surface area contributed by atoms with Crippen molar-refractivity contribution in [3.63, 3.8) is 0 Å². The zero-order valence-electron chi connectivity index (χ0n) is 12.7. The van der Waals surface area contributed by atoms with Gasteiger partial charge in [-0.3, -0.25) is 4.79 Å². The molecule has 0 saturated carbocycles. The van der Waals surface area contributed by atoms with Crippen LogP contribution in [0.15, 0.2) is 48.9 Å². The number of hydrogen-bond donors (Lipinski definition) is 1. The van der Waals surface area contributed by atoms with Crippen LogP contribution in [0.4, 0.5) is 0 Å². The maximum Gasteiger partial charge on any atom is 0.256 e. The van der Waals surface area contributed by atoms with E-state index < -0.39 is 0 Å². The minimum atomic E-state index is -0.0251. The Labute approximate surface area is 129 Å². The number of aromatic amines is 1. The molecule has 5 heteroatoms. The summed E-state index contributed by atoms with van der Waals surface area (Å²) in [4.78, 5) is 25.9. The molecule has 0 fully saturated rings. The fraction of sp³-hybridized carbons (Fsp3) is 0.235. The monoisotopic (exact) mass is 294 g/mol. The second kappa shape index (κ2) is 5.97. The van der Waals surface area contributed by atoms with E-state index in [1.165, 1.54) is 0 Å². The van der Waals surface area contributed by atoms with Crippen LogP contribution in [0.25, 0.3) is 11.2 Å². The third-order valence-electron chi connectivity index (χ3n) is 3.60. The van der Waals surface area contributed by atoms with Crippen LogP contribution in [0.2, 0.25) is 0 Å². The predicted octanol–water partition coefficient (Wildman–Crippen LogP) is 3.01. The Morgan fingerprint density at radius 3 is 2.73 bits per heavy atom. The van der Waals surface area contributed by atoms with Gasteiger partial charge in [0.05, 0.1) is 17.4 Å². The lowest BCUT2D eigenvalue weighted by Gasteiger charge is -2.27. The summed E-state index contributed by atoms with van der Waals surface area (Å²) < 4.78 is 0. The molecule has 5 nitrogen and oxygen atoms in total. The summed E-state index contributed by atoms with van der Waals surface area (Å²) >= 11 is 0. The normalized spacial score (nSPS) is 11.0. The number of aromatic nitrogens is 3. The van der Waals surface area contributed by atoms with Crippen molar-refractivity contribution in [3.05, 3.63) is 60.0 Å². The Morgan fingerprint density at radius 2 is 2.00 bits per heavy atom. The Hall–Kier alpha value is -2.69. The Bertz CT molecular complexity index is 779. The first-order chi connectivity index (χ1) is 10.6. The number of carbonyl (C=O) groups is 1. The fourth-order valence-corrected chi connectivity index (χ4v) is 2.38. The molecule has 0 aliphatic heterocycles. The lowest BCUT2D eigenvalue weighted by molar-refractivity contribution is 0.0690. The van der Waals surface area contributed by atoms with E-state index in [4.69, 9.17) is 0 Å². The molecule has 0 aliphatic rings. The predicted molar refractivity (Wildman–Crippen MR) is 85.3 cm³/mol. The molecule has 2 heterocycles. The summed E-state index contributed by atoms with van der Waals surface area (Å²) in [6, 6.07) is 11.9. The highest BCUT2D eigenvalue weighted by Gasteiger charge is 2.20. The van der Waals surface area contributed by atoms with Crippen LogP contribution in [-0.4, -0.2) is 31.8 Å². The minimum Gasteiger partial charge on any atom is -0.343 e. The molecule has 0 saturated heterocycles. The summed E-state index contributed by atoms with van der Waals surface area (Å²) in [5.74, 6) is -0.0251. The number of imidazole rings is 1. The van der Waals surface area contributed by atoms with Crippen LogP contribution in [0.3, 0.4) is 0 Å². The van der Waals surface area contributed by atoms with Crippen molar-refractivity contribution < 1.29 is 4.79 Å². The van der Waals surface area contributed by atoms with Crippen molar-refractivity contribution in [1.29, 1.82) is 0 Å². The highest BCUT2D eigenvalue weighted by Crippen LogP contribution is 2.15. The lowest BCUT2D eigenvalue weighted by Crippen LogP contribution is -2.36. The number of rotatable bonds is 4. The maximum atomic E-state index is 12.8. The zero-order chi connectivity index (χ0) is 15.5. The SMILES string of the molecule is CC(C)N(Cc1ccccc1)C(=O)c1cnc2nc[nH]c2c1. The smallest absolute Gasteiger partial charge is 0.256 e. The highest BCUT2D eigenvalue weighted by molar-refractivity contribution is 5.96. The van der Waals surface area contributed by atoms with Gasteiger partial charge in [-0.2, -0.15) is 0 Å². The van der Waals surface area contributed by atoms with Crippen molar-refractivity contribution in [1.82, 2.24) is 19.9 Å². The quantitative estimate of drug-likeness (QED) is 0.804. The molecule has 0 radical (unpaired) electrons. The van der Waals surface area contributed by atoms with Crippen molar-refractivity contribution in [2.45, 2.75) is 26.4 Å². The molecule has 3 rings (SSSR count). The fourth-order valence-electron chi connectivity index (χ4n) is 2.38. The van der Waals surface area contributed by atoms with Gasteiger partial charge in [-0.1, -0.05) is 30.3 Å². The number of amides is 1. The van der Waals surface area contributed by atoms with Gasteiger partial charge in [0, 0.05) is 18.8 Å². The van der Waals surface area contributed by atoms with Crippen molar-refractivity contribution in [2.24, 2.45) is 0 Å². The standard InChI is InChI=1S/C17H18N4O/c1-12(2)21(10-13-6-4-3-5-7-13)17(22)14-8-15-16(18-9-14)20-11-19-15/h3-9,11-12H,10H2,1-2H3,(H,18,19,20). The number of nitrogens with zero attached hydrogens (tertiary/aromatic N) is 3. The maximum absolute atomic E-state index is 12.8. The van der Waals surface area contributed by atoms with E-state index >= 15 is 0 Å². The molecule has 3 aromatic rings. The highest BCUT2D eigenvalue weighted by atomic mass is 16.2. The van der Waals surface area contributed by atoms with E-state index in [-0.39, 0.29) is 11.9 Å². The number of H-pyrrole nitrogens is 1. The molecular weight excluding hydrogens is 276 g/mol. The van der Waals surface area contributed by atoms with Crippen LogP contribution >= 0.6 is 0 Å². The van der Waals surface area contributed by atoms with E-state index in [0.717, 1.165) is 11.1 Å². The average Bonchev–Trinajstić information content (AvgIpc) is 3.00. The molecule has 0 bridgehead atoms. The number of benzene rings is 1. The van der Waals surface area contributed by atoms with Gasteiger partial charge < -0.3 is 9.88 Å². The number of pyridine rings is 1. The molecule has 0 spiro atoms. The number of nitrogens with one attached hydrogen (secondary N) is 1. The first-order valence-corrected chi connectivity index (χ1v) is 7.29. The van der Waals surface area contributed by atoms with Gasteiger partial charge in [0.1, 0.15) is 0 Å². The van der Waals surface area contributed by atoms with Gasteiger partial charge in [0.25, 0.3) is 5.91 Å². The first kappa shape index (κ1) is 14.3. The van der Waals surface area contributed by atoms with Crippen LogP contribution in [-0.2, 0) is 6.54 Å². The van der Waals surface area contributed by atoms with Crippen LogP contribution in [0.5, 0.6) is 0 Å². The number of carbonyl (C=O) groups excluding carboxylic acids is 1. The minimum absolute atomic E-state index is 0.0251. The summed E-state index contributed by atoms with van der Waals surface area (Å²) in [6.07, 6.45) is 3.17. The first-order valence-electron chi connectivity index (χ1n) is 7.29. The molecular formula is C17H18N4O. The molecule has 0 unspecified atom stereocenters. The van der Waals surface area contributed by atoms with Gasteiger partial charge >= 0.3 is 0 Å². The Morgan fingerprint density at radius 1 is 1.23 bits per heavy atom. The average molecular weight is 294 g/mol. The van der Waals surface area contributed by atoms with E-state index in [1.807, 2.05) is 49.1 Å². The summed E-state index contributed by atoms with van der Waals surface area (Å²) in [7, 11) is 0. The molecule has 1 amide bonds. The zero-order valence-corrected chi connectivity index (χ0v) is 12.7. The molecule has 0 aliphatic carbocycles. The van der Waals surface area contributed by atoms with Gasteiger partial charge in [-0.15, -0.1) is 0 Å². The third-order valence-corrected chi connectivity index (χ3v) is 3.60. The van der Waals surface area contributed by atoms with E-state index in [0.29, 0.717) is 17.8 Å². The molecule has 0 atom stereocenters. The third kappa shape index (κ3) is 2.83. The van der Waals surface area contributed by atoms with Crippen molar-refractivity contribution in [3.8, 4) is 0 Å². The number of fused-ring (bicyclic) bond motifs is 1. The van der Waals surface area contributed by atoms with Gasteiger partial charge in [0.15, 0.2) is 5.65 Å². The Balaban J connectivity index is 1.88. The van der Waals surface area contributed by atoms with E-state index in [2.05, 4.69) is 15.0 Å². The topological polar surface area (TPSA) is 61.9 Å². The summed E-state index contributed by atoms with van der Waals surface area (Å²) in [6.45, 7) is 4.62. The molecule has 22 heavy (non-hydrogen) atoms. The number of hydrogen-bond acceptors (Lipinski definition) is 3. The second-order valence-electron chi connectivity index (χ2n) is 5.51. The van der Waals surface area contributed by atoms with E-state index in [1.54, 1.807) is 18.6 Å². The van der Waals surface area contributed by atoms with Crippen molar-refractivity contribution >= 4 is 17.1 Å². The van der Waals surface area contributed by atoms with E-state index in [9.17, 15) is 4.79 Å². The molecule has 112 valence electrons. The summed E-state index contributed by atoms with van der Waals surface area (Å²) in [5.41, 5.74) is 3.08. The largest absolute Gasteiger partial charge is 0.343 e. The van der Waals surface area contributed by atoms with Crippen LogP contribution in [0, 0.1) is 0 Å². The summed E-state index contributed by atoms with van der Waals surface area (Å²) in [5, 5.41) is 0.